The minimum absolute atomic E-state index is 0.571. The van der Waals surface area contributed by atoms with E-state index >= 15 is 0 Å². The molecule has 0 fully saturated rings. The van der Waals surface area contributed by atoms with Gasteiger partial charge < -0.3 is 4.57 Å². The zero-order valence-corrected chi connectivity index (χ0v) is 40.8. The molecule has 0 atom stereocenters. The molecule has 3 heterocycles. The lowest BCUT2D eigenvalue weighted by Crippen LogP contribution is -2.06. The molecule has 1 aliphatic rings. The van der Waals surface area contributed by atoms with Crippen molar-refractivity contribution in [2.45, 2.75) is 6.42 Å². The Hall–Kier alpha value is -9.97. The van der Waals surface area contributed by atoms with Crippen molar-refractivity contribution in [3.8, 4) is 90.0 Å². The van der Waals surface area contributed by atoms with Gasteiger partial charge in [0.05, 0.1) is 22.1 Å². The minimum Gasteiger partial charge on any atom is -0.309 e. The smallest absolute Gasteiger partial charge is 0.238 e. The first-order chi connectivity index (χ1) is 37.2. The van der Waals surface area contributed by atoms with Gasteiger partial charge in [-0.15, -0.1) is 0 Å². The van der Waals surface area contributed by atoms with Gasteiger partial charge in [0.2, 0.25) is 5.95 Å². The van der Waals surface area contributed by atoms with E-state index in [9.17, 15) is 0 Å². The van der Waals surface area contributed by atoms with Crippen molar-refractivity contribution in [1.29, 1.82) is 0 Å². The fourth-order valence-corrected chi connectivity index (χ4v) is 11.9. The third-order valence-electron chi connectivity index (χ3n) is 15.2. The molecule has 5 heteroatoms. The average Bonchev–Trinajstić information content (AvgIpc) is 4.16. The van der Waals surface area contributed by atoms with Crippen molar-refractivity contribution in [3.05, 3.63) is 272 Å². The molecule has 350 valence electrons. The summed E-state index contributed by atoms with van der Waals surface area (Å²) >= 11 is 0. The van der Waals surface area contributed by atoms with Crippen LogP contribution in [0, 0.1) is 0 Å². The molecular formula is C70H45N5. The third kappa shape index (κ3) is 7.04. The Labute approximate surface area is 434 Å². The molecule has 75 heavy (non-hydrogen) atoms. The van der Waals surface area contributed by atoms with Gasteiger partial charge >= 0.3 is 0 Å². The highest BCUT2D eigenvalue weighted by Crippen LogP contribution is 2.49. The molecule has 0 saturated heterocycles. The molecule has 14 aromatic rings. The summed E-state index contributed by atoms with van der Waals surface area (Å²) in [5.74, 6) is 1.82. The predicted octanol–water partition coefficient (Wildman–Crippen LogP) is 17.6. The van der Waals surface area contributed by atoms with E-state index in [0.717, 1.165) is 61.6 Å². The van der Waals surface area contributed by atoms with Crippen LogP contribution in [0.25, 0.3) is 134 Å². The average molecular weight is 956 g/mol. The van der Waals surface area contributed by atoms with Gasteiger partial charge in [0, 0.05) is 38.4 Å². The predicted molar refractivity (Wildman–Crippen MR) is 309 cm³/mol. The summed E-state index contributed by atoms with van der Waals surface area (Å²) in [7, 11) is 0. The van der Waals surface area contributed by atoms with Crippen molar-refractivity contribution in [2.75, 3.05) is 0 Å². The Bertz CT molecular complexity index is 4460. The highest BCUT2D eigenvalue weighted by atomic mass is 15.2. The molecule has 3 aromatic heterocycles. The minimum atomic E-state index is 0.571. The van der Waals surface area contributed by atoms with Crippen LogP contribution in [0.15, 0.2) is 261 Å². The normalized spacial score (nSPS) is 11.9. The molecule has 0 saturated carbocycles. The van der Waals surface area contributed by atoms with E-state index in [4.69, 9.17) is 15.0 Å². The van der Waals surface area contributed by atoms with Gasteiger partial charge in [0.1, 0.15) is 0 Å². The van der Waals surface area contributed by atoms with Crippen molar-refractivity contribution in [2.24, 2.45) is 0 Å². The Kier molecular flexibility index (Phi) is 9.88. The van der Waals surface area contributed by atoms with Crippen LogP contribution in [0.3, 0.4) is 0 Å². The number of fused-ring (bicyclic) bond motifs is 10. The largest absolute Gasteiger partial charge is 0.309 e. The maximum Gasteiger partial charge on any atom is 0.238 e. The van der Waals surface area contributed by atoms with Crippen LogP contribution in [0.5, 0.6) is 0 Å². The number of nitrogens with zero attached hydrogens (tertiary/aromatic N) is 5. The Morgan fingerprint density at radius 2 is 0.707 bits per heavy atom. The topological polar surface area (TPSA) is 48.5 Å². The first-order valence-corrected chi connectivity index (χ1v) is 25.6. The Morgan fingerprint density at radius 1 is 0.267 bits per heavy atom. The zero-order chi connectivity index (χ0) is 49.4. The van der Waals surface area contributed by atoms with Crippen molar-refractivity contribution in [1.82, 2.24) is 24.1 Å². The van der Waals surface area contributed by atoms with Crippen molar-refractivity contribution < 1.29 is 0 Å². The number of para-hydroxylation sites is 2. The van der Waals surface area contributed by atoms with Gasteiger partial charge in [-0.05, 0) is 128 Å². The van der Waals surface area contributed by atoms with Crippen molar-refractivity contribution in [3.63, 3.8) is 0 Å². The summed E-state index contributed by atoms with van der Waals surface area (Å²) in [4.78, 5) is 15.6. The van der Waals surface area contributed by atoms with E-state index in [1.807, 2.05) is 36.4 Å². The van der Waals surface area contributed by atoms with Gasteiger partial charge in [-0.3, -0.25) is 4.57 Å². The first-order valence-electron chi connectivity index (χ1n) is 25.6. The van der Waals surface area contributed by atoms with Crippen molar-refractivity contribution >= 4 is 43.6 Å². The van der Waals surface area contributed by atoms with Crippen LogP contribution in [0.4, 0.5) is 0 Å². The third-order valence-corrected chi connectivity index (χ3v) is 15.2. The van der Waals surface area contributed by atoms with E-state index in [2.05, 4.69) is 234 Å². The zero-order valence-electron chi connectivity index (χ0n) is 40.8. The summed E-state index contributed by atoms with van der Waals surface area (Å²) in [6.45, 7) is 0. The molecule has 1 aliphatic carbocycles. The van der Waals surface area contributed by atoms with Gasteiger partial charge in [-0.25, -0.2) is 4.98 Å². The number of benzene rings is 11. The van der Waals surface area contributed by atoms with Crippen LogP contribution in [-0.4, -0.2) is 24.1 Å². The lowest BCUT2D eigenvalue weighted by Gasteiger charge is -2.16. The number of hydrogen-bond donors (Lipinski definition) is 0. The van der Waals surface area contributed by atoms with E-state index in [-0.39, 0.29) is 0 Å². The van der Waals surface area contributed by atoms with Crippen LogP contribution >= 0.6 is 0 Å². The molecule has 0 radical (unpaired) electrons. The summed E-state index contributed by atoms with van der Waals surface area (Å²) in [6, 6.07) is 93.9. The molecule has 0 bridgehead atoms. The lowest BCUT2D eigenvalue weighted by atomic mass is 9.91. The highest BCUT2D eigenvalue weighted by Gasteiger charge is 2.28. The maximum atomic E-state index is 5.26. The fourth-order valence-electron chi connectivity index (χ4n) is 11.9. The first kappa shape index (κ1) is 42.7. The molecule has 0 N–H and O–H groups in total. The van der Waals surface area contributed by atoms with Gasteiger partial charge in [0.15, 0.2) is 11.6 Å². The van der Waals surface area contributed by atoms with Gasteiger partial charge in [-0.1, -0.05) is 206 Å². The van der Waals surface area contributed by atoms with E-state index < -0.39 is 0 Å². The quantitative estimate of drug-likeness (QED) is 0.152. The van der Waals surface area contributed by atoms with Gasteiger partial charge in [-0.2, -0.15) is 9.97 Å². The maximum absolute atomic E-state index is 5.26. The fraction of sp³-hybridized carbons (Fsp3) is 0.0143. The number of hydrogen-bond acceptors (Lipinski definition) is 3. The second kappa shape index (κ2) is 17.4. The van der Waals surface area contributed by atoms with E-state index in [0.29, 0.717) is 17.6 Å². The molecule has 11 aromatic carbocycles. The summed E-state index contributed by atoms with van der Waals surface area (Å²) < 4.78 is 4.71. The van der Waals surface area contributed by atoms with Crippen LogP contribution in [0.2, 0.25) is 0 Å². The second-order valence-electron chi connectivity index (χ2n) is 19.5. The number of aromatic nitrogens is 5. The van der Waals surface area contributed by atoms with E-state index in [1.165, 1.54) is 72.0 Å². The SMILES string of the molecule is c1ccc(-c2cc(-c3cccc4c3Cc3c(-c5ccccc5)cc(-c5ccccc5)cc3-4)cc(-n3c4ccccc4c4c5c6ccccc6n(-c6nc(-c7ccccc7)nc(-c7ccccc7)n6)c5ccc43)c2)cc1. The van der Waals surface area contributed by atoms with Crippen LogP contribution in [-0.2, 0) is 6.42 Å². The molecule has 0 unspecified atom stereocenters. The highest BCUT2D eigenvalue weighted by molar-refractivity contribution is 6.29. The van der Waals surface area contributed by atoms with Gasteiger partial charge in [0.25, 0.3) is 0 Å². The van der Waals surface area contributed by atoms with Crippen LogP contribution in [0.1, 0.15) is 11.1 Å². The molecule has 0 aliphatic heterocycles. The lowest BCUT2D eigenvalue weighted by molar-refractivity contribution is 0.953. The molecule has 0 amide bonds. The van der Waals surface area contributed by atoms with E-state index in [1.54, 1.807) is 0 Å². The summed E-state index contributed by atoms with van der Waals surface area (Å²) in [5.41, 5.74) is 22.3. The standard InChI is InChI=1S/C70H45N5/c1-6-21-45(22-7-1)50-39-52(54-33-20-34-55-59-43-51(46-23-8-2-9-24-46)42-58(61(59)44-60(54)55)47-25-10-3-11-26-47)41-53(40-50)74-62-35-18-16-31-56(62)66-64(74)37-38-65-67(66)57-32-17-19-36-63(57)75(65)70-72-68(48-27-12-4-13-28-48)71-69(73-70)49-29-14-5-15-30-49/h1-43H,44H2. The molecule has 0 spiro atoms. The molecule has 15 rings (SSSR count). The summed E-state index contributed by atoms with van der Waals surface area (Å²) in [5, 5.41) is 4.65. The van der Waals surface area contributed by atoms with Crippen LogP contribution < -0.4 is 0 Å². The summed E-state index contributed by atoms with van der Waals surface area (Å²) in [6.07, 6.45) is 0.837. The Balaban J connectivity index is 0.955. The monoisotopic (exact) mass is 955 g/mol. The number of rotatable bonds is 8. The molecule has 5 nitrogen and oxygen atoms in total. The molecular weight excluding hydrogens is 911 g/mol. The Morgan fingerprint density at radius 3 is 1.29 bits per heavy atom. The second-order valence-corrected chi connectivity index (χ2v) is 19.5.